The van der Waals surface area contributed by atoms with Crippen molar-refractivity contribution in [2.45, 2.75) is 31.7 Å². The first-order valence-electron chi connectivity index (χ1n) is 6.06. The lowest BCUT2D eigenvalue weighted by Gasteiger charge is -2.29. The molecule has 0 amide bonds. The fraction of sp³-hybridized carbons (Fsp3) is 0.583. The maximum absolute atomic E-state index is 11.2. The molecule has 2 unspecified atom stereocenters. The summed E-state index contributed by atoms with van der Waals surface area (Å²) < 4.78 is 5.01. The van der Waals surface area contributed by atoms with Gasteiger partial charge in [0.15, 0.2) is 0 Å². The van der Waals surface area contributed by atoms with Crippen LogP contribution in [0, 0.1) is 5.92 Å². The minimum atomic E-state index is -0.742. The van der Waals surface area contributed by atoms with Gasteiger partial charge in [0.25, 0.3) is 0 Å². The van der Waals surface area contributed by atoms with E-state index in [4.69, 9.17) is 4.74 Å². The van der Waals surface area contributed by atoms with Gasteiger partial charge in [-0.15, -0.1) is 0 Å². The molecule has 1 aromatic heterocycles. The normalized spacial score (nSPS) is 23.4. The molecule has 2 N–H and O–H groups in total. The van der Waals surface area contributed by atoms with E-state index in [1.807, 2.05) is 0 Å². The fourth-order valence-corrected chi connectivity index (χ4v) is 2.32. The van der Waals surface area contributed by atoms with E-state index in [0.717, 1.165) is 25.7 Å². The summed E-state index contributed by atoms with van der Waals surface area (Å²) in [6, 6.07) is 1.60. The second-order valence-electron chi connectivity index (χ2n) is 4.43. The average molecular weight is 251 g/mol. The molecule has 1 fully saturated rings. The Kier molecular flexibility index (Phi) is 3.96. The van der Waals surface area contributed by atoms with E-state index >= 15 is 0 Å². The van der Waals surface area contributed by atoms with E-state index in [2.05, 4.69) is 15.3 Å². The number of carboxylic acids is 1. The molecule has 0 bridgehead atoms. The predicted molar refractivity (Wildman–Crippen MR) is 65.6 cm³/mol. The Hall–Kier alpha value is -1.85. The van der Waals surface area contributed by atoms with Crippen LogP contribution in [-0.2, 0) is 4.79 Å². The highest BCUT2D eigenvalue weighted by molar-refractivity contribution is 5.71. The number of carbonyl (C=O) groups is 1. The standard InChI is InChI=1S/C12H17N3O3/c1-18-11-6-10(13-7-14-11)15-9-5-3-2-4-8(9)12(16)17/h6-9H,2-5H2,1H3,(H,16,17)(H,13,14,15). The van der Waals surface area contributed by atoms with Crippen LogP contribution < -0.4 is 10.1 Å². The summed E-state index contributed by atoms with van der Waals surface area (Å²) in [6.07, 6.45) is 4.99. The maximum Gasteiger partial charge on any atom is 0.308 e. The molecule has 2 rings (SSSR count). The quantitative estimate of drug-likeness (QED) is 0.844. The van der Waals surface area contributed by atoms with E-state index in [0.29, 0.717) is 11.7 Å². The summed E-state index contributed by atoms with van der Waals surface area (Å²) in [5.74, 6) is -0.0110. The van der Waals surface area contributed by atoms with Crippen molar-refractivity contribution in [2.75, 3.05) is 12.4 Å². The highest BCUT2D eigenvalue weighted by atomic mass is 16.5. The van der Waals surface area contributed by atoms with Crippen molar-refractivity contribution in [3.05, 3.63) is 12.4 Å². The summed E-state index contributed by atoms with van der Waals surface area (Å²) in [4.78, 5) is 19.2. The van der Waals surface area contributed by atoms with Crippen LogP contribution in [0.5, 0.6) is 5.88 Å². The smallest absolute Gasteiger partial charge is 0.308 e. The molecule has 0 aromatic carbocycles. The number of rotatable bonds is 4. The van der Waals surface area contributed by atoms with E-state index < -0.39 is 5.97 Å². The first-order chi connectivity index (χ1) is 8.70. The lowest BCUT2D eigenvalue weighted by Crippen LogP contribution is -2.37. The van der Waals surface area contributed by atoms with Crippen molar-refractivity contribution >= 4 is 11.8 Å². The third-order valence-corrected chi connectivity index (χ3v) is 3.27. The second-order valence-corrected chi connectivity index (χ2v) is 4.43. The van der Waals surface area contributed by atoms with Gasteiger partial charge >= 0.3 is 5.97 Å². The zero-order valence-corrected chi connectivity index (χ0v) is 10.3. The Morgan fingerprint density at radius 1 is 1.44 bits per heavy atom. The number of aliphatic carboxylic acids is 1. The van der Waals surface area contributed by atoms with E-state index in [-0.39, 0.29) is 12.0 Å². The number of aromatic nitrogens is 2. The van der Waals surface area contributed by atoms with E-state index in [1.54, 1.807) is 6.07 Å². The lowest BCUT2D eigenvalue weighted by molar-refractivity contribution is -0.143. The van der Waals surface area contributed by atoms with Gasteiger partial charge in [-0.05, 0) is 12.8 Å². The lowest BCUT2D eigenvalue weighted by atomic mass is 9.84. The van der Waals surface area contributed by atoms with Crippen LogP contribution in [0.3, 0.4) is 0 Å². The molecule has 1 heterocycles. The van der Waals surface area contributed by atoms with Crippen LogP contribution in [-0.4, -0.2) is 34.2 Å². The van der Waals surface area contributed by atoms with Gasteiger partial charge in [0.05, 0.1) is 13.0 Å². The molecule has 0 saturated heterocycles. The Morgan fingerprint density at radius 3 is 2.94 bits per heavy atom. The molecule has 0 aliphatic heterocycles. The van der Waals surface area contributed by atoms with E-state index in [9.17, 15) is 9.90 Å². The molecule has 1 aliphatic rings. The number of nitrogens with one attached hydrogen (secondary N) is 1. The predicted octanol–water partition coefficient (Wildman–Crippen LogP) is 1.54. The van der Waals surface area contributed by atoms with Gasteiger partial charge in [0, 0.05) is 12.1 Å². The number of nitrogens with zero attached hydrogens (tertiary/aromatic N) is 2. The topological polar surface area (TPSA) is 84.3 Å². The summed E-state index contributed by atoms with van der Waals surface area (Å²) in [5.41, 5.74) is 0. The Balaban J connectivity index is 2.08. The first kappa shape index (κ1) is 12.6. The minimum Gasteiger partial charge on any atom is -0.481 e. The molecule has 0 radical (unpaired) electrons. The second kappa shape index (κ2) is 5.66. The van der Waals surface area contributed by atoms with Crippen LogP contribution in [0.4, 0.5) is 5.82 Å². The molecular formula is C12H17N3O3. The number of ether oxygens (including phenoxy) is 1. The van der Waals surface area contributed by atoms with Crippen molar-refractivity contribution in [3.8, 4) is 5.88 Å². The van der Waals surface area contributed by atoms with Crippen molar-refractivity contribution in [3.63, 3.8) is 0 Å². The third-order valence-electron chi connectivity index (χ3n) is 3.27. The molecule has 6 nitrogen and oxygen atoms in total. The number of carboxylic acid groups (broad SMARTS) is 1. The van der Waals surface area contributed by atoms with Crippen LogP contribution >= 0.6 is 0 Å². The van der Waals surface area contributed by atoms with Crippen LogP contribution in [0.25, 0.3) is 0 Å². The van der Waals surface area contributed by atoms with Crippen molar-refractivity contribution in [2.24, 2.45) is 5.92 Å². The van der Waals surface area contributed by atoms with Gasteiger partial charge in [-0.3, -0.25) is 4.79 Å². The van der Waals surface area contributed by atoms with Crippen molar-refractivity contribution < 1.29 is 14.6 Å². The van der Waals surface area contributed by atoms with Gasteiger partial charge in [-0.25, -0.2) is 9.97 Å². The van der Waals surface area contributed by atoms with Gasteiger partial charge in [-0.2, -0.15) is 0 Å². The van der Waals surface area contributed by atoms with Gasteiger partial charge in [-0.1, -0.05) is 12.8 Å². The Morgan fingerprint density at radius 2 is 2.22 bits per heavy atom. The summed E-state index contributed by atoms with van der Waals surface area (Å²) in [7, 11) is 1.53. The monoisotopic (exact) mass is 251 g/mol. The minimum absolute atomic E-state index is 0.0733. The number of methoxy groups -OCH3 is 1. The molecule has 6 heteroatoms. The molecule has 1 aromatic rings. The van der Waals surface area contributed by atoms with Gasteiger partial charge < -0.3 is 15.2 Å². The largest absolute Gasteiger partial charge is 0.481 e. The fourth-order valence-electron chi connectivity index (χ4n) is 2.32. The Bertz CT molecular complexity index is 425. The molecule has 2 atom stereocenters. The molecule has 1 saturated carbocycles. The van der Waals surface area contributed by atoms with Crippen molar-refractivity contribution in [1.29, 1.82) is 0 Å². The summed E-state index contributed by atoms with van der Waals surface area (Å²) in [6.45, 7) is 0. The summed E-state index contributed by atoms with van der Waals surface area (Å²) in [5, 5.41) is 12.4. The summed E-state index contributed by atoms with van der Waals surface area (Å²) >= 11 is 0. The molecule has 98 valence electrons. The average Bonchev–Trinajstić information content (AvgIpc) is 2.39. The Labute approximate surface area is 105 Å². The number of hydrogen-bond acceptors (Lipinski definition) is 5. The SMILES string of the molecule is COc1cc(NC2CCCCC2C(=O)O)ncn1. The molecule has 18 heavy (non-hydrogen) atoms. The highest BCUT2D eigenvalue weighted by Gasteiger charge is 2.30. The highest BCUT2D eigenvalue weighted by Crippen LogP contribution is 2.27. The van der Waals surface area contributed by atoms with Crippen molar-refractivity contribution in [1.82, 2.24) is 9.97 Å². The third kappa shape index (κ3) is 2.88. The zero-order valence-electron chi connectivity index (χ0n) is 10.3. The maximum atomic E-state index is 11.2. The van der Waals surface area contributed by atoms with Gasteiger partial charge in [0.2, 0.25) is 5.88 Å². The molecule has 0 spiro atoms. The molecule has 1 aliphatic carbocycles. The van der Waals surface area contributed by atoms with Crippen LogP contribution in [0.2, 0.25) is 0 Å². The van der Waals surface area contributed by atoms with E-state index in [1.165, 1.54) is 13.4 Å². The number of hydrogen-bond donors (Lipinski definition) is 2. The van der Waals surface area contributed by atoms with Crippen LogP contribution in [0.15, 0.2) is 12.4 Å². The molecular weight excluding hydrogens is 234 g/mol. The zero-order chi connectivity index (χ0) is 13.0. The van der Waals surface area contributed by atoms with Gasteiger partial charge in [0.1, 0.15) is 12.1 Å². The van der Waals surface area contributed by atoms with Crippen LogP contribution in [0.1, 0.15) is 25.7 Å². The first-order valence-corrected chi connectivity index (χ1v) is 6.06. The number of anilines is 1.